The van der Waals surface area contributed by atoms with Gasteiger partial charge in [-0.25, -0.2) is 4.79 Å². The lowest BCUT2D eigenvalue weighted by atomic mass is 9.92. The Morgan fingerprint density at radius 1 is 0.971 bits per heavy atom. The first-order valence-corrected chi connectivity index (χ1v) is 12.7. The monoisotopic (exact) mass is 482 g/mol. The second kappa shape index (κ2) is 11.2. The van der Waals surface area contributed by atoms with Crippen molar-refractivity contribution in [2.45, 2.75) is 44.7 Å². The predicted octanol–water partition coefficient (Wildman–Crippen LogP) is 4.53. The van der Waals surface area contributed by atoms with E-state index in [1.54, 1.807) is 4.90 Å². The number of primary amides is 1. The Hall–Kier alpha value is -2.57. The van der Waals surface area contributed by atoms with Crippen LogP contribution in [0.4, 0.5) is 4.79 Å². The molecule has 0 aromatic heterocycles. The molecule has 1 unspecified atom stereocenters. The number of rotatable bonds is 6. The molecule has 0 saturated carbocycles. The maximum Gasteiger partial charge on any atom is 0.314 e. The van der Waals surface area contributed by atoms with E-state index in [0.29, 0.717) is 25.4 Å². The summed E-state index contributed by atoms with van der Waals surface area (Å²) in [6.45, 7) is 5.86. The molecule has 2 saturated heterocycles. The van der Waals surface area contributed by atoms with Gasteiger partial charge in [0, 0.05) is 50.2 Å². The van der Waals surface area contributed by atoms with Crippen LogP contribution in [0.25, 0.3) is 0 Å². The highest BCUT2D eigenvalue weighted by molar-refractivity contribution is 6.30. The van der Waals surface area contributed by atoms with E-state index in [0.717, 1.165) is 43.9 Å². The first-order valence-electron chi connectivity index (χ1n) is 12.3. The van der Waals surface area contributed by atoms with Crippen LogP contribution in [0.5, 0.6) is 0 Å². The number of carbonyl (C=O) groups excluding carboxylic acids is 2. The number of carbonyl (C=O) groups is 2. The largest absolute Gasteiger partial charge is 0.351 e. The average molecular weight is 483 g/mol. The molecule has 7 heteroatoms. The zero-order valence-electron chi connectivity index (χ0n) is 19.9. The van der Waals surface area contributed by atoms with E-state index >= 15 is 0 Å². The molecule has 0 spiro atoms. The van der Waals surface area contributed by atoms with Gasteiger partial charge in [0.2, 0.25) is 5.91 Å². The van der Waals surface area contributed by atoms with Crippen LogP contribution >= 0.6 is 11.6 Å². The normalized spacial score (nSPS) is 20.8. The van der Waals surface area contributed by atoms with E-state index in [1.807, 2.05) is 18.2 Å². The van der Waals surface area contributed by atoms with Crippen LogP contribution in [0, 0.1) is 5.92 Å². The van der Waals surface area contributed by atoms with Crippen molar-refractivity contribution >= 4 is 23.5 Å². The molecule has 4 rings (SSSR count). The highest BCUT2D eigenvalue weighted by Gasteiger charge is 2.35. The van der Waals surface area contributed by atoms with Crippen LogP contribution in [-0.4, -0.2) is 65.4 Å². The van der Waals surface area contributed by atoms with Gasteiger partial charge in [0.1, 0.15) is 0 Å². The number of urea groups is 1. The number of halogens is 1. The molecule has 2 aromatic carbocycles. The number of likely N-dealkylation sites (tertiary alicyclic amines) is 1. The van der Waals surface area contributed by atoms with Gasteiger partial charge in [0.15, 0.2) is 0 Å². The Balaban J connectivity index is 1.44. The van der Waals surface area contributed by atoms with E-state index in [-0.39, 0.29) is 24.0 Å². The third-order valence-electron chi connectivity index (χ3n) is 7.36. The molecule has 0 aliphatic carbocycles. The molecule has 182 valence electrons. The van der Waals surface area contributed by atoms with Gasteiger partial charge < -0.3 is 15.5 Å². The van der Waals surface area contributed by atoms with Gasteiger partial charge in [-0.15, -0.1) is 0 Å². The smallest absolute Gasteiger partial charge is 0.314 e. The van der Waals surface area contributed by atoms with Crippen molar-refractivity contribution in [3.05, 3.63) is 70.7 Å². The summed E-state index contributed by atoms with van der Waals surface area (Å²) in [5.41, 5.74) is 7.86. The Morgan fingerprint density at radius 2 is 1.62 bits per heavy atom. The van der Waals surface area contributed by atoms with Crippen LogP contribution in [0.2, 0.25) is 5.02 Å². The fourth-order valence-electron chi connectivity index (χ4n) is 5.41. The zero-order valence-corrected chi connectivity index (χ0v) is 20.7. The topological polar surface area (TPSA) is 69.9 Å². The Labute approximate surface area is 207 Å². The third kappa shape index (κ3) is 5.73. The van der Waals surface area contributed by atoms with Gasteiger partial charge in [-0.3, -0.25) is 9.69 Å². The maximum atomic E-state index is 13.3. The number of hydrogen-bond donors (Lipinski definition) is 1. The van der Waals surface area contributed by atoms with Crippen molar-refractivity contribution < 1.29 is 9.59 Å². The Kier molecular flexibility index (Phi) is 8.11. The van der Waals surface area contributed by atoms with Crippen molar-refractivity contribution in [2.24, 2.45) is 11.7 Å². The van der Waals surface area contributed by atoms with Gasteiger partial charge >= 0.3 is 6.03 Å². The first-order chi connectivity index (χ1) is 16.5. The quantitative estimate of drug-likeness (QED) is 0.657. The molecule has 2 aliphatic rings. The molecule has 0 radical (unpaired) electrons. The molecule has 2 heterocycles. The highest BCUT2D eigenvalue weighted by Crippen LogP contribution is 2.32. The summed E-state index contributed by atoms with van der Waals surface area (Å²) >= 11 is 6.17. The fraction of sp³-hybridized carbons (Fsp3) is 0.481. The predicted molar refractivity (Wildman–Crippen MR) is 136 cm³/mol. The van der Waals surface area contributed by atoms with Gasteiger partial charge in [-0.2, -0.15) is 0 Å². The number of amides is 3. The van der Waals surface area contributed by atoms with E-state index in [9.17, 15) is 9.59 Å². The van der Waals surface area contributed by atoms with Crippen LogP contribution in [0.15, 0.2) is 54.6 Å². The second-order valence-corrected chi connectivity index (χ2v) is 9.92. The Morgan fingerprint density at radius 3 is 2.24 bits per heavy atom. The summed E-state index contributed by atoms with van der Waals surface area (Å²) in [5, 5.41) is 0.735. The van der Waals surface area contributed by atoms with Crippen LogP contribution in [-0.2, 0) is 4.79 Å². The molecular weight excluding hydrogens is 448 g/mol. The maximum absolute atomic E-state index is 13.3. The lowest BCUT2D eigenvalue weighted by Gasteiger charge is -2.45. The number of piperazine rings is 1. The van der Waals surface area contributed by atoms with E-state index in [2.05, 4.69) is 53.1 Å². The molecule has 2 aromatic rings. The minimum atomic E-state index is -0.361. The summed E-state index contributed by atoms with van der Waals surface area (Å²) in [4.78, 5) is 30.9. The molecule has 2 aliphatic heterocycles. The van der Waals surface area contributed by atoms with Crippen molar-refractivity contribution in [1.82, 2.24) is 14.7 Å². The SMILES string of the molecule is CC[C@H]1CN(C(c2ccccc2)c2ccc(Cl)cc2)CCN1C(=O)CC1CCN(C(N)=O)CC1. The highest BCUT2D eigenvalue weighted by atomic mass is 35.5. The lowest BCUT2D eigenvalue weighted by Crippen LogP contribution is -2.56. The van der Waals surface area contributed by atoms with Crippen LogP contribution in [0.1, 0.15) is 49.8 Å². The summed E-state index contributed by atoms with van der Waals surface area (Å²) in [5.74, 6) is 0.566. The number of benzene rings is 2. The van der Waals surface area contributed by atoms with Crippen LogP contribution in [0.3, 0.4) is 0 Å². The number of nitrogens with two attached hydrogens (primary N) is 1. The first kappa shape index (κ1) is 24.6. The van der Waals surface area contributed by atoms with E-state index < -0.39 is 0 Å². The molecule has 34 heavy (non-hydrogen) atoms. The van der Waals surface area contributed by atoms with Gasteiger partial charge in [0.25, 0.3) is 0 Å². The van der Waals surface area contributed by atoms with Gasteiger partial charge in [0.05, 0.1) is 6.04 Å². The minimum absolute atomic E-state index is 0.128. The summed E-state index contributed by atoms with van der Waals surface area (Å²) in [7, 11) is 0. The number of nitrogens with zero attached hydrogens (tertiary/aromatic N) is 3. The van der Waals surface area contributed by atoms with Crippen molar-refractivity contribution in [2.75, 3.05) is 32.7 Å². The molecule has 3 amide bonds. The molecule has 2 fully saturated rings. The third-order valence-corrected chi connectivity index (χ3v) is 7.61. The molecule has 6 nitrogen and oxygen atoms in total. The fourth-order valence-corrected chi connectivity index (χ4v) is 5.53. The average Bonchev–Trinajstić information content (AvgIpc) is 2.86. The minimum Gasteiger partial charge on any atom is -0.351 e. The standard InChI is InChI=1S/C27H35ClN4O2/c1-2-24-19-31(26(21-6-4-3-5-7-21)22-8-10-23(28)11-9-22)16-17-32(24)25(33)18-20-12-14-30(15-13-20)27(29)34/h3-11,20,24,26H,2,12-19H2,1H3,(H2,29,34)/t24-,26?/m0/s1. The van der Waals surface area contributed by atoms with Crippen molar-refractivity contribution in [3.63, 3.8) is 0 Å². The molecule has 2 atom stereocenters. The molecule has 0 bridgehead atoms. The summed E-state index contributed by atoms with van der Waals surface area (Å²) < 4.78 is 0. The lowest BCUT2D eigenvalue weighted by molar-refractivity contribution is -0.138. The van der Waals surface area contributed by atoms with Crippen molar-refractivity contribution in [3.8, 4) is 0 Å². The van der Waals surface area contributed by atoms with Gasteiger partial charge in [-0.1, -0.05) is 61.0 Å². The van der Waals surface area contributed by atoms with Crippen LogP contribution < -0.4 is 5.73 Å². The van der Waals surface area contributed by atoms with Crippen molar-refractivity contribution in [1.29, 1.82) is 0 Å². The molecular formula is C27H35ClN4O2. The number of piperidine rings is 1. The van der Waals surface area contributed by atoms with Gasteiger partial charge in [-0.05, 0) is 48.4 Å². The Bertz CT molecular complexity index is 960. The summed E-state index contributed by atoms with van der Waals surface area (Å²) in [6, 6.07) is 18.6. The second-order valence-electron chi connectivity index (χ2n) is 9.48. The summed E-state index contributed by atoms with van der Waals surface area (Å²) in [6.07, 6.45) is 3.17. The number of hydrogen-bond acceptors (Lipinski definition) is 3. The zero-order chi connectivity index (χ0) is 24.1. The van der Waals surface area contributed by atoms with E-state index in [1.165, 1.54) is 11.1 Å². The molecule has 2 N–H and O–H groups in total. The van der Waals surface area contributed by atoms with E-state index in [4.69, 9.17) is 17.3 Å².